The number of ether oxygens (including phenoxy) is 1. The minimum absolute atomic E-state index is 0.876. The molecule has 2 nitrogen and oxygen atoms in total. The summed E-state index contributed by atoms with van der Waals surface area (Å²) < 4.78 is 5.23. The average molecular weight is 227 g/mol. The molecule has 0 atom stereocenters. The van der Waals surface area contributed by atoms with Gasteiger partial charge in [0.1, 0.15) is 5.75 Å². The van der Waals surface area contributed by atoms with Crippen LogP contribution in [0.25, 0.3) is 0 Å². The second-order valence-electron chi connectivity index (χ2n) is 4.10. The zero-order valence-corrected chi connectivity index (χ0v) is 10.5. The van der Waals surface area contributed by atoms with Crippen LogP contribution in [0.1, 0.15) is 5.56 Å². The molecule has 2 aromatic rings. The van der Waals surface area contributed by atoms with Gasteiger partial charge in [-0.05, 0) is 31.2 Å². The van der Waals surface area contributed by atoms with Crippen LogP contribution in [0.4, 0.5) is 11.4 Å². The van der Waals surface area contributed by atoms with Crippen molar-refractivity contribution >= 4 is 11.4 Å². The Morgan fingerprint density at radius 2 is 1.65 bits per heavy atom. The molecule has 2 heteroatoms. The molecule has 0 spiro atoms. The molecule has 0 heterocycles. The summed E-state index contributed by atoms with van der Waals surface area (Å²) in [6, 6.07) is 16.5. The summed E-state index contributed by atoms with van der Waals surface area (Å²) in [6.07, 6.45) is 0. The number of anilines is 2. The van der Waals surface area contributed by atoms with E-state index in [0.717, 1.165) is 11.4 Å². The van der Waals surface area contributed by atoms with Gasteiger partial charge in [0.25, 0.3) is 0 Å². The quantitative estimate of drug-likeness (QED) is 0.791. The van der Waals surface area contributed by atoms with Crippen LogP contribution in [0.5, 0.6) is 5.75 Å². The van der Waals surface area contributed by atoms with E-state index in [0.29, 0.717) is 0 Å². The maximum Gasteiger partial charge on any atom is 0.120 e. The van der Waals surface area contributed by atoms with Crippen molar-refractivity contribution in [3.63, 3.8) is 0 Å². The zero-order valence-electron chi connectivity index (χ0n) is 10.5. The molecule has 2 rings (SSSR count). The van der Waals surface area contributed by atoms with E-state index < -0.39 is 0 Å². The van der Waals surface area contributed by atoms with Crippen LogP contribution in [-0.2, 0) is 0 Å². The van der Waals surface area contributed by atoms with Gasteiger partial charge < -0.3 is 9.64 Å². The van der Waals surface area contributed by atoms with Crippen molar-refractivity contribution in [2.24, 2.45) is 0 Å². The number of aryl methyl sites for hydroxylation is 1. The molecule has 0 aliphatic rings. The summed E-state index contributed by atoms with van der Waals surface area (Å²) in [5, 5.41) is 0. The van der Waals surface area contributed by atoms with E-state index in [1.807, 2.05) is 18.2 Å². The fraction of sp³-hybridized carbons (Fsp3) is 0.200. The van der Waals surface area contributed by atoms with E-state index >= 15 is 0 Å². The standard InChI is InChI=1S/C15H17NO/c1-12-7-9-13(10-8-12)16(2)14-5-4-6-15(11-14)17-3/h4-11H,1-3H3. The predicted octanol–water partition coefficient (Wildman–Crippen LogP) is 3.77. The van der Waals surface area contributed by atoms with Gasteiger partial charge in [0.2, 0.25) is 0 Å². The summed E-state index contributed by atoms with van der Waals surface area (Å²) in [5.74, 6) is 0.876. The molecule has 0 aliphatic carbocycles. The summed E-state index contributed by atoms with van der Waals surface area (Å²) in [6.45, 7) is 2.09. The Morgan fingerprint density at radius 1 is 0.941 bits per heavy atom. The third kappa shape index (κ3) is 2.59. The van der Waals surface area contributed by atoms with Crippen molar-refractivity contribution in [1.82, 2.24) is 0 Å². The van der Waals surface area contributed by atoms with Gasteiger partial charge in [-0.1, -0.05) is 23.8 Å². The fourth-order valence-corrected chi connectivity index (χ4v) is 1.74. The first-order valence-electron chi connectivity index (χ1n) is 5.65. The summed E-state index contributed by atoms with van der Waals surface area (Å²) in [7, 11) is 3.74. The number of hydrogen-bond acceptors (Lipinski definition) is 2. The predicted molar refractivity (Wildman–Crippen MR) is 72.2 cm³/mol. The lowest BCUT2D eigenvalue weighted by Gasteiger charge is -2.20. The van der Waals surface area contributed by atoms with E-state index in [-0.39, 0.29) is 0 Å². The molecule has 0 N–H and O–H groups in total. The average Bonchev–Trinajstić information content (AvgIpc) is 2.39. The van der Waals surface area contributed by atoms with Gasteiger partial charge in [-0.3, -0.25) is 0 Å². The molecule has 0 fully saturated rings. The number of benzene rings is 2. The Hall–Kier alpha value is -1.96. The minimum Gasteiger partial charge on any atom is -0.497 e. The van der Waals surface area contributed by atoms with Crippen LogP contribution in [0, 0.1) is 6.92 Å². The summed E-state index contributed by atoms with van der Waals surface area (Å²) in [5.41, 5.74) is 3.56. The van der Waals surface area contributed by atoms with Crippen LogP contribution < -0.4 is 9.64 Å². The van der Waals surface area contributed by atoms with Crippen LogP contribution in [0.2, 0.25) is 0 Å². The van der Waals surface area contributed by atoms with Gasteiger partial charge in [0, 0.05) is 24.5 Å². The number of hydrogen-bond donors (Lipinski definition) is 0. The van der Waals surface area contributed by atoms with Crippen molar-refractivity contribution in [1.29, 1.82) is 0 Å². The molecule has 0 aliphatic heterocycles. The van der Waals surface area contributed by atoms with Gasteiger partial charge in [-0.15, -0.1) is 0 Å². The number of rotatable bonds is 3. The molecular weight excluding hydrogens is 210 g/mol. The van der Waals surface area contributed by atoms with Crippen LogP contribution in [0.3, 0.4) is 0 Å². The maximum absolute atomic E-state index is 5.23. The molecular formula is C15H17NO. The minimum atomic E-state index is 0.876. The first-order valence-corrected chi connectivity index (χ1v) is 5.65. The van der Waals surface area contributed by atoms with E-state index in [2.05, 4.69) is 49.2 Å². The van der Waals surface area contributed by atoms with Gasteiger partial charge in [-0.2, -0.15) is 0 Å². The van der Waals surface area contributed by atoms with E-state index in [4.69, 9.17) is 4.74 Å². The highest BCUT2D eigenvalue weighted by atomic mass is 16.5. The van der Waals surface area contributed by atoms with Crippen molar-refractivity contribution in [3.05, 3.63) is 54.1 Å². The molecule has 2 aromatic carbocycles. The van der Waals surface area contributed by atoms with Gasteiger partial charge in [-0.25, -0.2) is 0 Å². The first kappa shape index (κ1) is 11.5. The topological polar surface area (TPSA) is 12.5 Å². The van der Waals surface area contributed by atoms with E-state index in [1.165, 1.54) is 11.3 Å². The van der Waals surface area contributed by atoms with Gasteiger partial charge in [0.15, 0.2) is 0 Å². The normalized spacial score (nSPS) is 10.1. The van der Waals surface area contributed by atoms with Crippen LogP contribution >= 0.6 is 0 Å². The first-order chi connectivity index (χ1) is 8.20. The fourth-order valence-electron chi connectivity index (χ4n) is 1.74. The lowest BCUT2D eigenvalue weighted by molar-refractivity contribution is 0.415. The third-order valence-electron chi connectivity index (χ3n) is 2.86. The largest absolute Gasteiger partial charge is 0.497 e. The van der Waals surface area contributed by atoms with E-state index in [1.54, 1.807) is 7.11 Å². The molecule has 0 unspecified atom stereocenters. The van der Waals surface area contributed by atoms with Crippen molar-refractivity contribution < 1.29 is 4.74 Å². The number of methoxy groups -OCH3 is 1. The highest BCUT2D eigenvalue weighted by Crippen LogP contribution is 2.26. The molecule has 0 aromatic heterocycles. The molecule has 88 valence electrons. The smallest absolute Gasteiger partial charge is 0.120 e. The lowest BCUT2D eigenvalue weighted by atomic mass is 10.2. The highest BCUT2D eigenvalue weighted by Gasteiger charge is 2.04. The van der Waals surface area contributed by atoms with Gasteiger partial charge >= 0.3 is 0 Å². The maximum atomic E-state index is 5.23. The Balaban J connectivity index is 2.29. The second kappa shape index (κ2) is 4.91. The second-order valence-corrected chi connectivity index (χ2v) is 4.10. The molecule has 0 radical (unpaired) electrons. The van der Waals surface area contributed by atoms with Crippen LogP contribution in [-0.4, -0.2) is 14.2 Å². The Kier molecular flexibility index (Phi) is 3.33. The van der Waals surface area contributed by atoms with Crippen molar-refractivity contribution in [3.8, 4) is 5.75 Å². The van der Waals surface area contributed by atoms with Crippen LogP contribution in [0.15, 0.2) is 48.5 Å². The van der Waals surface area contributed by atoms with Gasteiger partial charge in [0.05, 0.1) is 7.11 Å². The zero-order chi connectivity index (χ0) is 12.3. The monoisotopic (exact) mass is 227 g/mol. The third-order valence-corrected chi connectivity index (χ3v) is 2.86. The van der Waals surface area contributed by atoms with Crippen molar-refractivity contribution in [2.75, 3.05) is 19.1 Å². The highest BCUT2D eigenvalue weighted by molar-refractivity contribution is 5.63. The molecule has 0 amide bonds. The molecule has 0 saturated heterocycles. The Labute approximate surface area is 102 Å². The lowest BCUT2D eigenvalue weighted by Crippen LogP contribution is -2.09. The Morgan fingerprint density at radius 3 is 2.29 bits per heavy atom. The molecule has 17 heavy (non-hydrogen) atoms. The summed E-state index contributed by atoms with van der Waals surface area (Å²) in [4.78, 5) is 2.14. The van der Waals surface area contributed by atoms with Crippen molar-refractivity contribution in [2.45, 2.75) is 6.92 Å². The summed E-state index contributed by atoms with van der Waals surface area (Å²) >= 11 is 0. The SMILES string of the molecule is COc1cccc(N(C)c2ccc(C)cc2)c1. The van der Waals surface area contributed by atoms with E-state index in [9.17, 15) is 0 Å². The molecule has 0 saturated carbocycles. The molecule has 0 bridgehead atoms. The Bertz CT molecular complexity index is 491. The number of nitrogens with zero attached hydrogens (tertiary/aromatic N) is 1.